The fourth-order valence-electron chi connectivity index (χ4n) is 0.843. The molecular formula is C6H4FN3. The van der Waals surface area contributed by atoms with E-state index in [0.29, 0.717) is 12.4 Å². The van der Waals surface area contributed by atoms with Gasteiger partial charge in [0.2, 0.25) is 5.95 Å². The predicted octanol–water partition coefficient (Wildman–Crippen LogP) is 1.82. The van der Waals surface area contributed by atoms with Gasteiger partial charge in [0.05, 0.1) is 6.54 Å². The first-order valence-electron chi connectivity index (χ1n) is 2.89. The second-order valence-corrected chi connectivity index (χ2v) is 2.02. The Morgan fingerprint density at radius 1 is 1.40 bits per heavy atom. The molecule has 0 aromatic carbocycles. The van der Waals surface area contributed by atoms with Crippen LogP contribution in [0.3, 0.4) is 0 Å². The summed E-state index contributed by atoms with van der Waals surface area (Å²) < 4.78 is 12.3. The highest BCUT2D eigenvalue weighted by molar-refractivity contribution is 5.39. The van der Waals surface area contributed by atoms with Crippen molar-refractivity contribution >= 4 is 5.82 Å². The van der Waals surface area contributed by atoms with Crippen molar-refractivity contribution in [2.24, 2.45) is 10.2 Å². The van der Waals surface area contributed by atoms with Gasteiger partial charge in [-0.15, -0.1) is 5.11 Å². The van der Waals surface area contributed by atoms with Crippen molar-refractivity contribution in [3.05, 3.63) is 23.6 Å². The molecule has 0 amide bonds. The topological polar surface area (TPSA) is 37.6 Å². The molecule has 2 rings (SSSR count). The number of azo groups is 1. The Morgan fingerprint density at radius 2 is 2.30 bits per heavy atom. The number of fused-ring (bicyclic) bond motifs is 1. The van der Waals surface area contributed by atoms with E-state index in [0.717, 1.165) is 5.56 Å². The van der Waals surface area contributed by atoms with Crippen LogP contribution < -0.4 is 0 Å². The molecule has 0 bridgehead atoms. The average molecular weight is 137 g/mol. The summed E-state index contributed by atoms with van der Waals surface area (Å²) in [5.41, 5.74) is 0.890. The van der Waals surface area contributed by atoms with Crippen LogP contribution in [0.1, 0.15) is 5.56 Å². The first-order chi connectivity index (χ1) is 4.86. The molecule has 1 aliphatic rings. The molecule has 1 aromatic heterocycles. The smallest absolute Gasteiger partial charge is 0.198 e. The van der Waals surface area contributed by atoms with Crippen molar-refractivity contribution < 1.29 is 4.39 Å². The monoisotopic (exact) mass is 137 g/mol. The number of nitrogens with zero attached hydrogens (tertiary/aromatic N) is 3. The van der Waals surface area contributed by atoms with E-state index in [1.165, 1.54) is 6.07 Å². The van der Waals surface area contributed by atoms with Crippen LogP contribution in [0.5, 0.6) is 0 Å². The summed E-state index contributed by atoms with van der Waals surface area (Å²) in [6, 6.07) is 2.97. The minimum atomic E-state index is -0.500. The van der Waals surface area contributed by atoms with Gasteiger partial charge in [-0.1, -0.05) is 0 Å². The summed E-state index contributed by atoms with van der Waals surface area (Å²) in [7, 11) is 0. The Hall–Kier alpha value is -1.32. The van der Waals surface area contributed by atoms with Crippen molar-refractivity contribution in [1.82, 2.24) is 4.98 Å². The molecule has 4 heteroatoms. The maximum absolute atomic E-state index is 12.3. The fourth-order valence-corrected chi connectivity index (χ4v) is 0.843. The van der Waals surface area contributed by atoms with Gasteiger partial charge in [0.1, 0.15) is 0 Å². The van der Waals surface area contributed by atoms with Crippen LogP contribution in [0, 0.1) is 5.95 Å². The summed E-state index contributed by atoms with van der Waals surface area (Å²) in [5.74, 6) is -0.0837. The lowest BCUT2D eigenvalue weighted by molar-refractivity contribution is 0.584. The van der Waals surface area contributed by atoms with Gasteiger partial charge in [-0.2, -0.15) is 14.5 Å². The lowest BCUT2D eigenvalue weighted by Gasteiger charge is -1.90. The molecule has 50 valence electrons. The molecule has 0 aliphatic carbocycles. The molecule has 0 saturated heterocycles. The van der Waals surface area contributed by atoms with Gasteiger partial charge in [0.15, 0.2) is 5.82 Å². The second kappa shape index (κ2) is 1.83. The van der Waals surface area contributed by atoms with Crippen molar-refractivity contribution in [3.63, 3.8) is 0 Å². The van der Waals surface area contributed by atoms with Crippen LogP contribution in [-0.4, -0.2) is 4.98 Å². The fraction of sp³-hybridized carbons (Fsp3) is 0.167. The molecule has 1 aromatic rings. The van der Waals surface area contributed by atoms with Crippen LogP contribution in [0.2, 0.25) is 0 Å². The largest absolute Gasteiger partial charge is 0.214 e. The van der Waals surface area contributed by atoms with Gasteiger partial charge in [0.25, 0.3) is 0 Å². The van der Waals surface area contributed by atoms with Crippen LogP contribution in [0.15, 0.2) is 22.4 Å². The summed E-state index contributed by atoms with van der Waals surface area (Å²) >= 11 is 0. The maximum atomic E-state index is 12.3. The third-order valence-corrected chi connectivity index (χ3v) is 1.33. The Kier molecular flexibility index (Phi) is 1.00. The van der Waals surface area contributed by atoms with E-state index in [2.05, 4.69) is 15.2 Å². The summed E-state index contributed by atoms with van der Waals surface area (Å²) in [6.07, 6.45) is 0. The number of aromatic nitrogens is 1. The highest BCUT2D eigenvalue weighted by Crippen LogP contribution is 2.23. The van der Waals surface area contributed by atoms with Gasteiger partial charge in [-0.05, 0) is 12.1 Å². The first-order valence-corrected chi connectivity index (χ1v) is 2.89. The summed E-state index contributed by atoms with van der Waals surface area (Å²) in [6.45, 7) is 0.530. The molecule has 0 atom stereocenters. The van der Waals surface area contributed by atoms with Crippen molar-refractivity contribution in [2.45, 2.75) is 6.54 Å². The van der Waals surface area contributed by atoms with E-state index in [9.17, 15) is 4.39 Å². The van der Waals surface area contributed by atoms with E-state index in [1.807, 2.05) is 0 Å². The predicted molar refractivity (Wildman–Crippen MR) is 32.4 cm³/mol. The maximum Gasteiger partial charge on any atom is 0.214 e. The molecule has 1 aliphatic heterocycles. The molecule has 10 heavy (non-hydrogen) atoms. The van der Waals surface area contributed by atoms with Gasteiger partial charge in [-0.25, -0.2) is 0 Å². The quantitative estimate of drug-likeness (QED) is 0.502. The third-order valence-electron chi connectivity index (χ3n) is 1.33. The Labute approximate surface area is 56.6 Å². The minimum Gasteiger partial charge on any atom is -0.198 e. The number of rotatable bonds is 0. The number of hydrogen-bond acceptors (Lipinski definition) is 3. The molecule has 0 radical (unpaired) electrons. The number of halogens is 1. The summed E-state index contributed by atoms with van der Waals surface area (Å²) in [4.78, 5) is 3.53. The van der Waals surface area contributed by atoms with E-state index in [1.54, 1.807) is 6.07 Å². The molecule has 3 nitrogen and oxygen atoms in total. The zero-order valence-corrected chi connectivity index (χ0v) is 5.08. The van der Waals surface area contributed by atoms with Gasteiger partial charge >= 0.3 is 0 Å². The SMILES string of the molecule is Fc1ccc2c(n1)N=NC2. The van der Waals surface area contributed by atoms with Crippen molar-refractivity contribution in [1.29, 1.82) is 0 Å². The minimum absolute atomic E-state index is 0.417. The van der Waals surface area contributed by atoms with Crippen molar-refractivity contribution in [2.75, 3.05) is 0 Å². The average Bonchev–Trinajstić information content (AvgIpc) is 2.33. The Balaban J connectivity index is 2.60. The highest BCUT2D eigenvalue weighted by Gasteiger charge is 2.08. The third kappa shape index (κ3) is 0.689. The molecule has 0 saturated carbocycles. The van der Waals surface area contributed by atoms with E-state index in [4.69, 9.17) is 0 Å². The van der Waals surface area contributed by atoms with Gasteiger partial charge < -0.3 is 0 Å². The Bertz CT molecular complexity index is 295. The van der Waals surface area contributed by atoms with Gasteiger partial charge in [0, 0.05) is 5.56 Å². The molecule has 2 heterocycles. The standard InChI is InChI=1S/C6H4FN3/c7-5-2-1-4-3-8-10-6(4)9-5/h1-2H,3H2. The lowest BCUT2D eigenvalue weighted by atomic mass is 10.3. The van der Waals surface area contributed by atoms with E-state index >= 15 is 0 Å². The van der Waals surface area contributed by atoms with E-state index < -0.39 is 5.95 Å². The Morgan fingerprint density at radius 3 is 3.20 bits per heavy atom. The molecule has 0 fully saturated rings. The normalized spacial score (nSPS) is 13.7. The summed E-state index contributed by atoms with van der Waals surface area (Å²) in [5, 5.41) is 7.32. The number of pyridine rings is 1. The number of hydrogen-bond donors (Lipinski definition) is 0. The first kappa shape index (κ1) is 5.46. The second-order valence-electron chi connectivity index (χ2n) is 2.02. The van der Waals surface area contributed by atoms with E-state index in [-0.39, 0.29) is 0 Å². The highest BCUT2D eigenvalue weighted by atomic mass is 19.1. The van der Waals surface area contributed by atoms with Gasteiger partial charge in [-0.3, -0.25) is 0 Å². The van der Waals surface area contributed by atoms with Crippen molar-refractivity contribution in [3.8, 4) is 0 Å². The lowest BCUT2D eigenvalue weighted by Crippen LogP contribution is -1.83. The van der Waals surface area contributed by atoms with Crippen LogP contribution >= 0.6 is 0 Å². The zero-order valence-electron chi connectivity index (χ0n) is 5.08. The molecule has 0 spiro atoms. The van der Waals surface area contributed by atoms with Crippen LogP contribution in [0.4, 0.5) is 10.2 Å². The van der Waals surface area contributed by atoms with Crippen LogP contribution in [-0.2, 0) is 6.54 Å². The van der Waals surface area contributed by atoms with Crippen LogP contribution in [0.25, 0.3) is 0 Å². The molecular weight excluding hydrogens is 133 g/mol. The molecule has 0 N–H and O–H groups in total. The zero-order chi connectivity index (χ0) is 6.97. The molecule has 0 unspecified atom stereocenters.